The Labute approximate surface area is 168 Å². The van der Waals surface area contributed by atoms with Crippen LogP contribution in [-0.2, 0) is 19.4 Å². The first-order valence-corrected chi connectivity index (χ1v) is 12.1. The SMILES string of the molecule is CCOP(=O)(OCC)c1ccc(CSC/C=C/c2ccccc2)cc1Br. The van der Waals surface area contributed by atoms with Crippen LogP contribution >= 0.6 is 35.3 Å². The predicted molar refractivity (Wildman–Crippen MR) is 116 cm³/mol. The largest absolute Gasteiger partial charge is 0.362 e. The molecule has 0 amide bonds. The molecule has 0 aliphatic heterocycles. The summed E-state index contributed by atoms with van der Waals surface area (Å²) in [6.45, 7) is 4.31. The molecule has 0 bridgehead atoms. The molecule has 0 aliphatic rings. The van der Waals surface area contributed by atoms with E-state index < -0.39 is 7.60 Å². The van der Waals surface area contributed by atoms with Crippen molar-refractivity contribution < 1.29 is 13.6 Å². The van der Waals surface area contributed by atoms with Gasteiger partial charge >= 0.3 is 7.60 Å². The van der Waals surface area contributed by atoms with Gasteiger partial charge < -0.3 is 9.05 Å². The highest BCUT2D eigenvalue weighted by Crippen LogP contribution is 2.48. The molecule has 2 rings (SSSR count). The van der Waals surface area contributed by atoms with Crippen molar-refractivity contribution in [2.75, 3.05) is 19.0 Å². The molecule has 0 unspecified atom stereocenters. The second kappa shape index (κ2) is 11.1. The summed E-state index contributed by atoms with van der Waals surface area (Å²) in [6, 6.07) is 16.1. The average molecular weight is 455 g/mol. The summed E-state index contributed by atoms with van der Waals surface area (Å²) in [5.41, 5.74) is 2.38. The molecule has 0 heterocycles. The highest BCUT2D eigenvalue weighted by Gasteiger charge is 2.29. The lowest BCUT2D eigenvalue weighted by molar-refractivity contribution is 0.230. The van der Waals surface area contributed by atoms with Crippen molar-refractivity contribution in [2.45, 2.75) is 19.6 Å². The van der Waals surface area contributed by atoms with E-state index in [4.69, 9.17) is 9.05 Å². The molecule has 140 valence electrons. The minimum absolute atomic E-state index is 0.342. The minimum atomic E-state index is -3.26. The van der Waals surface area contributed by atoms with Crippen LogP contribution in [0.1, 0.15) is 25.0 Å². The second-order valence-electron chi connectivity index (χ2n) is 5.45. The topological polar surface area (TPSA) is 35.5 Å². The second-order valence-corrected chi connectivity index (χ2v) is 9.32. The Morgan fingerprint density at radius 1 is 1.08 bits per heavy atom. The highest BCUT2D eigenvalue weighted by atomic mass is 79.9. The summed E-state index contributed by atoms with van der Waals surface area (Å²) in [5.74, 6) is 1.82. The fourth-order valence-corrected chi connectivity index (χ4v) is 5.83. The lowest BCUT2D eigenvalue weighted by Crippen LogP contribution is -2.12. The zero-order chi connectivity index (χ0) is 18.8. The Kier molecular flexibility index (Phi) is 9.17. The number of halogens is 1. The summed E-state index contributed by atoms with van der Waals surface area (Å²) in [7, 11) is -3.26. The van der Waals surface area contributed by atoms with E-state index in [2.05, 4.69) is 40.2 Å². The first-order valence-electron chi connectivity index (χ1n) is 8.56. The molecule has 2 aromatic carbocycles. The molecule has 2 aromatic rings. The molecule has 0 spiro atoms. The van der Waals surface area contributed by atoms with Crippen LogP contribution in [0.5, 0.6) is 0 Å². The quantitative estimate of drug-likeness (QED) is 0.312. The monoisotopic (exact) mass is 454 g/mol. The molecule has 0 radical (unpaired) electrons. The summed E-state index contributed by atoms with van der Waals surface area (Å²) in [6.07, 6.45) is 4.30. The van der Waals surface area contributed by atoms with Gasteiger partial charge in [0.15, 0.2) is 0 Å². The number of rotatable bonds is 10. The third kappa shape index (κ3) is 6.40. The highest BCUT2D eigenvalue weighted by molar-refractivity contribution is 9.10. The van der Waals surface area contributed by atoms with E-state index >= 15 is 0 Å². The standard InChI is InChI=1S/C20H24BrO3PS/c1-3-23-25(22,24-4-2)20-13-12-18(15-19(20)21)16-26-14-8-11-17-9-6-5-7-10-17/h5-13,15H,3-4,14,16H2,1-2H3/b11-8+. The molecule has 0 aliphatic carbocycles. The van der Waals surface area contributed by atoms with E-state index in [9.17, 15) is 4.57 Å². The average Bonchev–Trinajstić information content (AvgIpc) is 2.62. The van der Waals surface area contributed by atoms with Gasteiger partial charge in [0.1, 0.15) is 0 Å². The van der Waals surface area contributed by atoms with E-state index in [1.54, 1.807) is 0 Å². The van der Waals surface area contributed by atoms with Crippen LogP contribution in [0.15, 0.2) is 59.1 Å². The van der Waals surface area contributed by atoms with Crippen LogP contribution in [0.25, 0.3) is 6.08 Å². The van der Waals surface area contributed by atoms with Gasteiger partial charge in [0, 0.05) is 16.0 Å². The molecule has 0 saturated heterocycles. The Morgan fingerprint density at radius 3 is 2.38 bits per heavy atom. The Bertz CT molecular complexity index is 755. The van der Waals surface area contributed by atoms with E-state index in [-0.39, 0.29) is 0 Å². The molecule has 6 heteroatoms. The van der Waals surface area contributed by atoms with Gasteiger partial charge in [0.2, 0.25) is 0 Å². The van der Waals surface area contributed by atoms with Crippen LogP contribution in [0.4, 0.5) is 0 Å². The molecule has 0 fully saturated rings. The third-order valence-electron chi connectivity index (χ3n) is 3.50. The first-order chi connectivity index (χ1) is 12.6. The summed E-state index contributed by atoms with van der Waals surface area (Å²) >= 11 is 5.35. The molecular formula is C20H24BrO3PS. The normalized spacial score (nSPS) is 12.0. The third-order valence-corrected chi connectivity index (χ3v) is 7.60. The summed E-state index contributed by atoms with van der Waals surface area (Å²) in [4.78, 5) is 0. The molecule has 0 N–H and O–H groups in total. The Hall–Kier alpha value is -0.840. The number of hydrogen-bond donors (Lipinski definition) is 0. The molecule has 0 saturated carbocycles. The lowest BCUT2D eigenvalue weighted by Gasteiger charge is -2.18. The van der Waals surface area contributed by atoms with Gasteiger partial charge in [-0.15, -0.1) is 0 Å². The van der Waals surface area contributed by atoms with Gasteiger partial charge in [-0.2, -0.15) is 11.8 Å². The van der Waals surface area contributed by atoms with E-state index in [0.717, 1.165) is 16.0 Å². The Morgan fingerprint density at radius 2 is 1.77 bits per heavy atom. The van der Waals surface area contributed by atoms with Crippen molar-refractivity contribution in [3.8, 4) is 0 Å². The first kappa shape index (κ1) is 21.5. The van der Waals surface area contributed by atoms with Crippen LogP contribution in [0.2, 0.25) is 0 Å². The zero-order valence-corrected chi connectivity index (χ0v) is 18.4. The number of benzene rings is 2. The molecular weight excluding hydrogens is 431 g/mol. The van der Waals surface area contributed by atoms with Crippen molar-refractivity contribution >= 4 is 46.7 Å². The van der Waals surface area contributed by atoms with Gasteiger partial charge in [-0.25, -0.2) is 0 Å². The van der Waals surface area contributed by atoms with E-state index in [1.165, 1.54) is 11.1 Å². The lowest BCUT2D eigenvalue weighted by atomic mass is 10.2. The van der Waals surface area contributed by atoms with Crippen molar-refractivity contribution in [3.05, 3.63) is 70.2 Å². The van der Waals surface area contributed by atoms with Crippen LogP contribution in [0.3, 0.4) is 0 Å². The maximum Gasteiger partial charge on any atom is 0.362 e. The fraction of sp³-hybridized carbons (Fsp3) is 0.300. The van der Waals surface area contributed by atoms with Crippen LogP contribution in [-0.4, -0.2) is 19.0 Å². The number of thioether (sulfide) groups is 1. The minimum Gasteiger partial charge on any atom is -0.305 e. The van der Waals surface area contributed by atoms with Gasteiger partial charge in [-0.05, 0) is 53.0 Å². The fourth-order valence-electron chi connectivity index (χ4n) is 2.37. The molecule has 3 nitrogen and oxygen atoms in total. The van der Waals surface area contributed by atoms with Crippen LogP contribution in [0, 0.1) is 0 Å². The van der Waals surface area contributed by atoms with Gasteiger partial charge in [0.05, 0.1) is 18.5 Å². The number of hydrogen-bond acceptors (Lipinski definition) is 4. The van der Waals surface area contributed by atoms with Crippen LogP contribution < -0.4 is 5.30 Å². The summed E-state index contributed by atoms with van der Waals surface area (Å²) in [5, 5.41) is 0.582. The summed E-state index contributed by atoms with van der Waals surface area (Å²) < 4.78 is 24.5. The predicted octanol–water partition coefficient (Wildman–Crippen LogP) is 6.29. The van der Waals surface area contributed by atoms with Gasteiger partial charge in [-0.3, -0.25) is 4.57 Å². The Balaban J connectivity index is 1.94. The van der Waals surface area contributed by atoms with E-state index in [1.807, 2.05) is 62.0 Å². The molecule has 0 aromatic heterocycles. The zero-order valence-electron chi connectivity index (χ0n) is 15.1. The molecule has 26 heavy (non-hydrogen) atoms. The van der Waals surface area contributed by atoms with E-state index in [0.29, 0.717) is 18.5 Å². The van der Waals surface area contributed by atoms with Crippen molar-refractivity contribution in [1.29, 1.82) is 0 Å². The van der Waals surface area contributed by atoms with Crippen molar-refractivity contribution in [1.82, 2.24) is 0 Å². The van der Waals surface area contributed by atoms with Crippen molar-refractivity contribution in [3.63, 3.8) is 0 Å². The smallest absolute Gasteiger partial charge is 0.305 e. The molecule has 0 atom stereocenters. The van der Waals surface area contributed by atoms with Gasteiger partial charge in [-0.1, -0.05) is 48.6 Å². The van der Waals surface area contributed by atoms with Crippen molar-refractivity contribution in [2.24, 2.45) is 0 Å². The van der Waals surface area contributed by atoms with Gasteiger partial charge in [0.25, 0.3) is 0 Å². The maximum atomic E-state index is 12.9. The maximum absolute atomic E-state index is 12.9.